The monoisotopic (exact) mass is 330 g/mol. The molecular weight excluding hydrogens is 304 g/mol. The summed E-state index contributed by atoms with van der Waals surface area (Å²) in [5.74, 6) is 0.701. The molecule has 2 atom stereocenters. The number of oxazole rings is 1. The molecule has 1 aliphatic carbocycles. The summed E-state index contributed by atoms with van der Waals surface area (Å²) < 4.78 is 11.0. The number of carbonyl (C=O) groups is 1. The van der Waals surface area contributed by atoms with Gasteiger partial charge in [0.25, 0.3) is 0 Å². The van der Waals surface area contributed by atoms with Crippen molar-refractivity contribution in [2.75, 3.05) is 14.1 Å². The van der Waals surface area contributed by atoms with Gasteiger partial charge in [0.1, 0.15) is 11.3 Å². The standard InChI is InChI=1S/C19H26N2O3/c1-13(21(2)3)18(14-7-5-4-6-8-14)19(22)24-15-9-10-17-16(11-15)20-12-23-17/h9-14,18H,4-8H2,1-3H3. The Labute approximate surface area is 143 Å². The van der Waals surface area contributed by atoms with Crippen LogP contribution in [-0.4, -0.2) is 36.0 Å². The van der Waals surface area contributed by atoms with Crippen molar-refractivity contribution in [2.24, 2.45) is 11.8 Å². The Morgan fingerprint density at radius 1 is 1.29 bits per heavy atom. The zero-order chi connectivity index (χ0) is 17.1. The molecule has 0 bridgehead atoms. The van der Waals surface area contributed by atoms with E-state index in [2.05, 4.69) is 16.8 Å². The minimum absolute atomic E-state index is 0.103. The Morgan fingerprint density at radius 2 is 2.04 bits per heavy atom. The molecule has 1 aromatic heterocycles. The highest BCUT2D eigenvalue weighted by Crippen LogP contribution is 2.34. The Morgan fingerprint density at radius 3 is 2.75 bits per heavy atom. The molecule has 1 heterocycles. The molecule has 2 unspecified atom stereocenters. The third-order valence-electron chi connectivity index (χ3n) is 5.28. The first kappa shape index (κ1) is 17.0. The molecule has 5 nitrogen and oxygen atoms in total. The van der Waals surface area contributed by atoms with Crippen molar-refractivity contribution in [1.29, 1.82) is 0 Å². The van der Waals surface area contributed by atoms with Gasteiger partial charge in [0, 0.05) is 12.1 Å². The maximum atomic E-state index is 12.9. The van der Waals surface area contributed by atoms with Crippen LogP contribution >= 0.6 is 0 Å². The number of benzene rings is 1. The highest BCUT2D eigenvalue weighted by Gasteiger charge is 2.36. The largest absolute Gasteiger partial charge is 0.443 e. The van der Waals surface area contributed by atoms with Gasteiger partial charge in [0.05, 0.1) is 5.92 Å². The molecular formula is C19H26N2O3. The topological polar surface area (TPSA) is 55.6 Å². The summed E-state index contributed by atoms with van der Waals surface area (Å²) in [5, 5.41) is 0. The summed E-state index contributed by atoms with van der Waals surface area (Å²) in [6.45, 7) is 2.11. The predicted octanol–water partition coefficient (Wildman–Crippen LogP) is 3.88. The van der Waals surface area contributed by atoms with Crippen molar-refractivity contribution >= 4 is 17.1 Å². The molecule has 1 aliphatic rings. The van der Waals surface area contributed by atoms with Gasteiger partial charge < -0.3 is 14.1 Å². The van der Waals surface area contributed by atoms with Crippen LogP contribution in [0.1, 0.15) is 39.0 Å². The Hall–Kier alpha value is -1.88. The molecule has 1 fully saturated rings. The predicted molar refractivity (Wildman–Crippen MR) is 92.9 cm³/mol. The summed E-state index contributed by atoms with van der Waals surface area (Å²) in [5.41, 5.74) is 1.40. The van der Waals surface area contributed by atoms with Crippen LogP contribution in [0, 0.1) is 11.8 Å². The number of ether oxygens (including phenoxy) is 1. The summed E-state index contributed by atoms with van der Waals surface area (Å²) in [6, 6.07) is 5.46. The average Bonchev–Trinajstić information content (AvgIpc) is 3.03. The minimum Gasteiger partial charge on any atom is -0.443 e. The zero-order valence-electron chi connectivity index (χ0n) is 14.7. The number of aromatic nitrogens is 1. The van der Waals surface area contributed by atoms with E-state index in [1.165, 1.54) is 25.7 Å². The van der Waals surface area contributed by atoms with Crippen molar-refractivity contribution < 1.29 is 13.9 Å². The van der Waals surface area contributed by atoms with Gasteiger partial charge in [-0.15, -0.1) is 0 Å². The van der Waals surface area contributed by atoms with Gasteiger partial charge in [-0.3, -0.25) is 4.79 Å². The number of rotatable bonds is 5. The van der Waals surface area contributed by atoms with E-state index in [1.54, 1.807) is 18.2 Å². The van der Waals surface area contributed by atoms with Gasteiger partial charge in [-0.2, -0.15) is 0 Å². The Balaban J connectivity index is 1.78. The van der Waals surface area contributed by atoms with Crippen molar-refractivity contribution in [3.05, 3.63) is 24.6 Å². The van der Waals surface area contributed by atoms with Crippen LogP contribution in [0.5, 0.6) is 5.75 Å². The molecule has 1 saturated carbocycles. The summed E-state index contributed by atoms with van der Waals surface area (Å²) in [6.07, 6.45) is 7.31. The number of fused-ring (bicyclic) bond motifs is 1. The van der Waals surface area contributed by atoms with Crippen LogP contribution in [0.3, 0.4) is 0 Å². The second kappa shape index (κ2) is 7.34. The van der Waals surface area contributed by atoms with Crippen LogP contribution in [-0.2, 0) is 4.79 Å². The highest BCUT2D eigenvalue weighted by atomic mass is 16.5. The summed E-state index contributed by atoms with van der Waals surface area (Å²) >= 11 is 0. The molecule has 0 amide bonds. The van der Waals surface area contributed by atoms with Crippen LogP contribution < -0.4 is 4.74 Å². The molecule has 0 aliphatic heterocycles. The minimum atomic E-state index is -0.133. The molecule has 130 valence electrons. The summed E-state index contributed by atoms with van der Waals surface area (Å²) in [4.78, 5) is 19.2. The van der Waals surface area contributed by atoms with Crippen LogP contribution in [0.4, 0.5) is 0 Å². The van der Waals surface area contributed by atoms with E-state index < -0.39 is 0 Å². The van der Waals surface area contributed by atoms with E-state index >= 15 is 0 Å². The van der Waals surface area contributed by atoms with Crippen LogP contribution in [0.2, 0.25) is 0 Å². The van der Waals surface area contributed by atoms with Crippen molar-refractivity contribution in [3.8, 4) is 5.75 Å². The lowest BCUT2D eigenvalue weighted by Gasteiger charge is -2.35. The highest BCUT2D eigenvalue weighted by molar-refractivity contribution is 5.79. The smallest absolute Gasteiger partial charge is 0.316 e. The number of carbonyl (C=O) groups excluding carboxylic acids is 1. The lowest BCUT2D eigenvalue weighted by Crippen LogP contribution is -2.43. The lowest BCUT2D eigenvalue weighted by molar-refractivity contribution is -0.143. The van der Waals surface area contributed by atoms with Crippen LogP contribution in [0.15, 0.2) is 29.0 Å². The molecule has 1 aromatic carbocycles. The lowest BCUT2D eigenvalue weighted by atomic mass is 9.76. The second-order valence-electron chi connectivity index (χ2n) is 7.03. The fourth-order valence-electron chi connectivity index (χ4n) is 3.68. The van der Waals surface area contributed by atoms with Gasteiger partial charge in [-0.1, -0.05) is 19.3 Å². The number of hydrogen-bond acceptors (Lipinski definition) is 5. The third-order valence-corrected chi connectivity index (χ3v) is 5.28. The molecule has 0 spiro atoms. The van der Waals surface area contributed by atoms with Gasteiger partial charge >= 0.3 is 5.97 Å². The van der Waals surface area contributed by atoms with Crippen LogP contribution in [0.25, 0.3) is 11.1 Å². The Bertz CT molecular complexity index is 689. The first-order valence-electron chi connectivity index (χ1n) is 8.77. The number of esters is 1. The van der Waals surface area contributed by atoms with Gasteiger partial charge in [0.2, 0.25) is 0 Å². The molecule has 24 heavy (non-hydrogen) atoms. The number of hydrogen-bond donors (Lipinski definition) is 0. The maximum absolute atomic E-state index is 12.9. The summed E-state index contributed by atoms with van der Waals surface area (Å²) in [7, 11) is 4.05. The molecule has 5 heteroatoms. The van der Waals surface area contributed by atoms with Gasteiger partial charge in [0.15, 0.2) is 12.0 Å². The molecule has 2 aromatic rings. The molecule has 3 rings (SSSR count). The fraction of sp³-hybridized carbons (Fsp3) is 0.579. The molecule has 0 radical (unpaired) electrons. The Kier molecular flexibility index (Phi) is 5.19. The van der Waals surface area contributed by atoms with Gasteiger partial charge in [-0.25, -0.2) is 4.98 Å². The van der Waals surface area contributed by atoms with E-state index in [4.69, 9.17) is 9.15 Å². The van der Waals surface area contributed by atoms with Crippen molar-refractivity contribution in [1.82, 2.24) is 9.88 Å². The van der Waals surface area contributed by atoms with E-state index in [9.17, 15) is 4.79 Å². The SMILES string of the molecule is CC(C(C(=O)Oc1ccc2ocnc2c1)C1CCCCC1)N(C)C. The first-order valence-corrected chi connectivity index (χ1v) is 8.77. The number of nitrogens with zero attached hydrogens (tertiary/aromatic N) is 2. The van der Waals surface area contributed by atoms with Crippen molar-refractivity contribution in [2.45, 2.75) is 45.1 Å². The fourth-order valence-corrected chi connectivity index (χ4v) is 3.68. The normalized spacial score (nSPS) is 18.7. The van der Waals surface area contributed by atoms with E-state index in [0.717, 1.165) is 12.8 Å². The van der Waals surface area contributed by atoms with Gasteiger partial charge in [-0.05, 0) is 51.9 Å². The average molecular weight is 330 g/mol. The zero-order valence-corrected chi connectivity index (χ0v) is 14.7. The second-order valence-corrected chi connectivity index (χ2v) is 7.03. The first-order chi connectivity index (χ1) is 11.6. The molecule has 0 N–H and O–H groups in total. The quantitative estimate of drug-likeness (QED) is 0.615. The van der Waals surface area contributed by atoms with E-state index in [-0.39, 0.29) is 17.9 Å². The third kappa shape index (κ3) is 3.61. The van der Waals surface area contributed by atoms with E-state index in [1.807, 2.05) is 14.1 Å². The maximum Gasteiger partial charge on any atom is 0.316 e. The van der Waals surface area contributed by atoms with E-state index in [0.29, 0.717) is 22.8 Å². The molecule has 0 saturated heterocycles. The van der Waals surface area contributed by atoms with Crippen molar-refractivity contribution in [3.63, 3.8) is 0 Å².